The number of anilines is 1. The van der Waals surface area contributed by atoms with Gasteiger partial charge in [0.1, 0.15) is 23.2 Å². The molecular weight excluding hydrogens is 369 g/mol. The summed E-state index contributed by atoms with van der Waals surface area (Å²) < 4.78 is 19.4. The summed E-state index contributed by atoms with van der Waals surface area (Å²) in [5.74, 6) is -1.78. The van der Waals surface area contributed by atoms with Crippen molar-refractivity contribution in [3.8, 4) is 11.8 Å². The zero-order valence-electron chi connectivity index (χ0n) is 13.8. The van der Waals surface area contributed by atoms with Gasteiger partial charge in [-0.05, 0) is 36.5 Å². The van der Waals surface area contributed by atoms with Crippen molar-refractivity contribution < 1.29 is 18.7 Å². The molecule has 0 unspecified atom stereocenters. The lowest BCUT2D eigenvalue weighted by atomic mass is 10.1. The Kier molecular flexibility index (Phi) is 5.24. The quantitative estimate of drug-likeness (QED) is 0.500. The molecule has 2 aromatic carbocycles. The minimum atomic E-state index is -0.760. The van der Waals surface area contributed by atoms with Crippen LogP contribution < -0.4 is 15.0 Å². The van der Waals surface area contributed by atoms with Crippen LogP contribution >= 0.6 is 12.2 Å². The van der Waals surface area contributed by atoms with Crippen LogP contribution in [0.15, 0.2) is 54.1 Å². The molecule has 8 heteroatoms. The Labute approximate surface area is 159 Å². The van der Waals surface area contributed by atoms with Gasteiger partial charge >= 0.3 is 0 Å². The Hall–Kier alpha value is -3.57. The van der Waals surface area contributed by atoms with Crippen molar-refractivity contribution in [1.82, 2.24) is 5.32 Å². The van der Waals surface area contributed by atoms with Crippen molar-refractivity contribution in [2.45, 2.75) is 0 Å². The lowest BCUT2D eigenvalue weighted by molar-refractivity contribution is -0.122. The number of nitrogens with one attached hydrogen (secondary N) is 1. The summed E-state index contributed by atoms with van der Waals surface area (Å²) >= 11 is 5.04. The summed E-state index contributed by atoms with van der Waals surface area (Å²) in [7, 11) is 0. The average molecular weight is 381 g/mol. The number of nitrogens with zero attached hydrogens (tertiary/aromatic N) is 2. The van der Waals surface area contributed by atoms with Crippen LogP contribution in [0.4, 0.5) is 10.1 Å². The lowest BCUT2D eigenvalue weighted by Crippen LogP contribution is -2.54. The van der Waals surface area contributed by atoms with E-state index < -0.39 is 17.6 Å². The van der Waals surface area contributed by atoms with Crippen molar-refractivity contribution in [3.63, 3.8) is 0 Å². The van der Waals surface area contributed by atoms with Crippen molar-refractivity contribution in [2.75, 3.05) is 11.5 Å². The molecule has 1 saturated heterocycles. The first kappa shape index (κ1) is 18.2. The van der Waals surface area contributed by atoms with E-state index >= 15 is 0 Å². The normalized spacial score (nSPS) is 15.5. The zero-order chi connectivity index (χ0) is 19.4. The summed E-state index contributed by atoms with van der Waals surface area (Å²) in [6, 6.07) is 14.1. The van der Waals surface area contributed by atoms with Crippen LogP contribution in [0.2, 0.25) is 0 Å². The molecule has 0 spiro atoms. The van der Waals surface area contributed by atoms with E-state index in [9.17, 15) is 14.0 Å². The van der Waals surface area contributed by atoms with Gasteiger partial charge < -0.3 is 4.74 Å². The number of para-hydroxylation sites is 2. The molecule has 1 heterocycles. The van der Waals surface area contributed by atoms with E-state index in [2.05, 4.69) is 5.32 Å². The molecular formula is C19H12FN3O3S. The highest BCUT2D eigenvalue weighted by Crippen LogP contribution is 2.26. The first-order valence-electron chi connectivity index (χ1n) is 7.77. The lowest BCUT2D eigenvalue weighted by Gasteiger charge is -2.29. The average Bonchev–Trinajstić information content (AvgIpc) is 2.65. The van der Waals surface area contributed by atoms with Gasteiger partial charge in [-0.2, -0.15) is 5.26 Å². The Morgan fingerprint density at radius 3 is 2.63 bits per heavy atom. The van der Waals surface area contributed by atoms with Gasteiger partial charge in [0.15, 0.2) is 11.7 Å². The predicted octanol–water partition coefficient (Wildman–Crippen LogP) is 2.56. The van der Waals surface area contributed by atoms with E-state index in [-0.39, 0.29) is 23.0 Å². The Morgan fingerprint density at radius 1 is 1.19 bits per heavy atom. The van der Waals surface area contributed by atoms with Gasteiger partial charge in [0, 0.05) is 5.56 Å². The third-order valence-electron chi connectivity index (χ3n) is 3.71. The number of halogens is 1. The van der Waals surface area contributed by atoms with Gasteiger partial charge in [0.2, 0.25) is 0 Å². The molecule has 6 nitrogen and oxygen atoms in total. The van der Waals surface area contributed by atoms with Crippen LogP contribution in [-0.4, -0.2) is 23.5 Å². The van der Waals surface area contributed by atoms with E-state index in [1.165, 1.54) is 24.3 Å². The third kappa shape index (κ3) is 3.68. The van der Waals surface area contributed by atoms with Gasteiger partial charge in [-0.3, -0.25) is 14.9 Å². The van der Waals surface area contributed by atoms with Crippen LogP contribution in [0.25, 0.3) is 6.08 Å². The van der Waals surface area contributed by atoms with E-state index in [0.29, 0.717) is 11.3 Å². The first-order chi connectivity index (χ1) is 13.0. The second kappa shape index (κ2) is 7.76. The van der Waals surface area contributed by atoms with E-state index in [4.69, 9.17) is 22.2 Å². The number of nitriles is 1. The number of thiocarbonyl (C=S) groups is 1. The molecule has 2 aromatic rings. The number of hydrogen-bond donors (Lipinski definition) is 1. The highest BCUT2D eigenvalue weighted by atomic mass is 32.1. The third-order valence-corrected chi connectivity index (χ3v) is 3.99. The van der Waals surface area contributed by atoms with E-state index in [0.717, 1.165) is 4.90 Å². The zero-order valence-corrected chi connectivity index (χ0v) is 14.6. The number of rotatable bonds is 4. The van der Waals surface area contributed by atoms with Crippen molar-refractivity contribution in [2.24, 2.45) is 0 Å². The maximum absolute atomic E-state index is 14.1. The summed E-state index contributed by atoms with van der Waals surface area (Å²) in [4.78, 5) is 26.1. The molecule has 1 fully saturated rings. The van der Waals surface area contributed by atoms with Crippen molar-refractivity contribution >= 4 is 40.9 Å². The molecule has 1 N–H and O–H groups in total. The van der Waals surface area contributed by atoms with E-state index in [1.807, 2.05) is 6.07 Å². The van der Waals surface area contributed by atoms with Crippen molar-refractivity contribution in [3.05, 3.63) is 65.5 Å². The maximum atomic E-state index is 14.1. The number of carbonyl (C=O) groups is 2. The maximum Gasteiger partial charge on any atom is 0.270 e. The Balaban J connectivity index is 2.03. The fourth-order valence-electron chi connectivity index (χ4n) is 2.51. The molecule has 1 aliphatic rings. The van der Waals surface area contributed by atoms with Gasteiger partial charge in [0.25, 0.3) is 11.8 Å². The molecule has 0 aliphatic carbocycles. The fraction of sp³-hybridized carbons (Fsp3) is 0.0526. The number of carbonyl (C=O) groups excluding carboxylic acids is 2. The van der Waals surface area contributed by atoms with Crippen LogP contribution in [0, 0.1) is 17.1 Å². The highest BCUT2D eigenvalue weighted by molar-refractivity contribution is 7.80. The monoisotopic (exact) mass is 381 g/mol. The second-order valence-electron chi connectivity index (χ2n) is 5.39. The standard InChI is InChI=1S/C19H12FN3O3S/c20-14-6-2-3-7-15(14)23-18(25)13(17(24)22-19(23)27)11-12-5-1-4-8-16(12)26-10-9-21/h1-8,11H,10H2,(H,22,24,27)/b13-11+. The van der Waals surface area contributed by atoms with Crippen LogP contribution in [0.5, 0.6) is 5.75 Å². The first-order valence-corrected chi connectivity index (χ1v) is 8.18. The molecule has 1 aliphatic heterocycles. The molecule has 0 bridgehead atoms. The molecule has 27 heavy (non-hydrogen) atoms. The minimum Gasteiger partial charge on any atom is -0.478 e. The molecule has 0 aromatic heterocycles. The molecule has 0 radical (unpaired) electrons. The molecule has 2 amide bonds. The van der Waals surface area contributed by atoms with Crippen LogP contribution in [0.1, 0.15) is 5.56 Å². The topological polar surface area (TPSA) is 82.4 Å². The predicted molar refractivity (Wildman–Crippen MR) is 100 cm³/mol. The second-order valence-corrected chi connectivity index (χ2v) is 5.78. The van der Waals surface area contributed by atoms with Gasteiger partial charge in [-0.1, -0.05) is 30.3 Å². The molecule has 0 atom stereocenters. The summed E-state index contributed by atoms with van der Waals surface area (Å²) in [6.45, 7) is -0.189. The highest BCUT2D eigenvalue weighted by Gasteiger charge is 2.35. The van der Waals surface area contributed by atoms with Crippen LogP contribution in [-0.2, 0) is 9.59 Å². The summed E-state index contributed by atoms with van der Waals surface area (Å²) in [6.07, 6.45) is 1.32. The number of amides is 2. The SMILES string of the molecule is N#CCOc1ccccc1/C=C1\C(=O)NC(=S)N(c2ccccc2F)C1=O. The Bertz CT molecular complexity index is 1010. The Morgan fingerprint density at radius 2 is 1.89 bits per heavy atom. The summed E-state index contributed by atoms with van der Waals surface area (Å²) in [5, 5.41) is 10.9. The molecule has 0 saturated carbocycles. The van der Waals surface area contributed by atoms with Crippen molar-refractivity contribution in [1.29, 1.82) is 5.26 Å². The van der Waals surface area contributed by atoms with Gasteiger partial charge in [-0.25, -0.2) is 9.29 Å². The molecule has 134 valence electrons. The number of benzene rings is 2. The fourth-order valence-corrected chi connectivity index (χ4v) is 2.78. The van der Waals surface area contributed by atoms with Gasteiger partial charge in [-0.15, -0.1) is 0 Å². The van der Waals surface area contributed by atoms with Gasteiger partial charge in [0.05, 0.1) is 5.69 Å². The van der Waals surface area contributed by atoms with E-state index in [1.54, 1.807) is 30.3 Å². The summed E-state index contributed by atoms with van der Waals surface area (Å²) in [5.41, 5.74) is 0.125. The minimum absolute atomic E-state index is 0.0626. The molecule has 3 rings (SSSR count). The smallest absolute Gasteiger partial charge is 0.270 e. The number of ether oxygens (including phenoxy) is 1. The van der Waals surface area contributed by atoms with Crippen LogP contribution in [0.3, 0.4) is 0 Å². The number of hydrogen-bond acceptors (Lipinski definition) is 5. The largest absolute Gasteiger partial charge is 0.478 e.